The van der Waals surface area contributed by atoms with E-state index >= 15 is 0 Å². The van der Waals surface area contributed by atoms with Crippen molar-refractivity contribution in [3.8, 4) is 12.3 Å². The van der Waals surface area contributed by atoms with Crippen LogP contribution in [0.5, 0.6) is 0 Å². The molecule has 1 unspecified atom stereocenters. The Morgan fingerprint density at radius 1 is 1.17 bits per heavy atom. The highest BCUT2D eigenvalue weighted by atomic mass is 19.1. The summed E-state index contributed by atoms with van der Waals surface area (Å²) in [6.45, 7) is -0.0247. The normalized spacial score (nSPS) is 14.5. The predicted octanol–water partition coefficient (Wildman–Crippen LogP) is 3.82. The smallest absolute Gasteiger partial charge is 0.255 e. The average molecular weight is 315 g/mol. The molecule has 116 valence electrons. The van der Waals surface area contributed by atoms with Gasteiger partial charge in [-0.25, -0.2) is 13.2 Å². The third-order valence-electron chi connectivity index (χ3n) is 3.94. The van der Waals surface area contributed by atoms with Crippen LogP contribution in [0, 0.1) is 29.8 Å². The van der Waals surface area contributed by atoms with Crippen molar-refractivity contribution in [1.82, 2.24) is 4.90 Å². The first kappa shape index (κ1) is 15.2. The van der Waals surface area contributed by atoms with E-state index in [-0.39, 0.29) is 29.7 Å². The first-order valence-electron chi connectivity index (χ1n) is 6.99. The van der Waals surface area contributed by atoms with Crippen molar-refractivity contribution in [2.75, 3.05) is 0 Å². The first-order valence-corrected chi connectivity index (χ1v) is 6.99. The number of amides is 1. The quantitative estimate of drug-likeness (QED) is 0.789. The monoisotopic (exact) mass is 315 g/mol. The van der Waals surface area contributed by atoms with Crippen LogP contribution in [-0.2, 0) is 6.54 Å². The molecule has 0 spiro atoms. The highest BCUT2D eigenvalue weighted by Crippen LogP contribution is 2.35. The van der Waals surface area contributed by atoms with Crippen LogP contribution < -0.4 is 0 Å². The summed E-state index contributed by atoms with van der Waals surface area (Å²) < 4.78 is 41.4. The number of hydrogen-bond donors (Lipinski definition) is 0. The second kappa shape index (κ2) is 5.81. The molecule has 2 nitrogen and oxygen atoms in total. The van der Waals surface area contributed by atoms with Gasteiger partial charge in [0.1, 0.15) is 17.5 Å². The van der Waals surface area contributed by atoms with Crippen LogP contribution in [0.4, 0.5) is 13.2 Å². The Morgan fingerprint density at radius 2 is 1.96 bits per heavy atom. The number of benzene rings is 2. The maximum absolute atomic E-state index is 14.1. The average Bonchev–Trinajstić information content (AvgIpc) is 2.86. The molecule has 0 saturated carbocycles. The zero-order valence-electron chi connectivity index (χ0n) is 12.0. The molecule has 2 aromatic rings. The number of fused-ring (bicyclic) bond motifs is 1. The van der Waals surface area contributed by atoms with Gasteiger partial charge in [-0.1, -0.05) is 6.07 Å². The van der Waals surface area contributed by atoms with Crippen molar-refractivity contribution in [2.24, 2.45) is 0 Å². The zero-order chi connectivity index (χ0) is 16.6. The Hall–Kier alpha value is -2.74. The highest BCUT2D eigenvalue weighted by Gasteiger charge is 2.35. The van der Waals surface area contributed by atoms with E-state index in [1.54, 1.807) is 0 Å². The molecule has 0 radical (unpaired) electrons. The highest BCUT2D eigenvalue weighted by molar-refractivity contribution is 5.98. The van der Waals surface area contributed by atoms with Crippen LogP contribution in [0.3, 0.4) is 0 Å². The molecule has 0 N–H and O–H groups in total. The number of terminal acetylenes is 1. The van der Waals surface area contributed by atoms with E-state index in [9.17, 15) is 18.0 Å². The van der Waals surface area contributed by atoms with Gasteiger partial charge in [0, 0.05) is 23.1 Å². The van der Waals surface area contributed by atoms with Gasteiger partial charge in [-0.3, -0.25) is 4.79 Å². The summed E-state index contributed by atoms with van der Waals surface area (Å²) in [5.74, 6) is 0.149. The van der Waals surface area contributed by atoms with Gasteiger partial charge in [0.2, 0.25) is 0 Å². The molecular formula is C18H12F3NO. The first-order chi connectivity index (χ1) is 11.0. The zero-order valence-corrected chi connectivity index (χ0v) is 12.0. The number of hydrogen-bond acceptors (Lipinski definition) is 1. The van der Waals surface area contributed by atoms with E-state index in [0.29, 0.717) is 0 Å². The lowest BCUT2D eigenvalue weighted by Gasteiger charge is -2.27. The van der Waals surface area contributed by atoms with E-state index in [0.717, 1.165) is 18.2 Å². The molecule has 0 saturated heterocycles. The predicted molar refractivity (Wildman–Crippen MR) is 78.8 cm³/mol. The Bertz CT molecular complexity index is 826. The summed E-state index contributed by atoms with van der Waals surface area (Å²) >= 11 is 0. The molecular weight excluding hydrogens is 303 g/mol. The second-order valence-corrected chi connectivity index (χ2v) is 5.29. The van der Waals surface area contributed by atoms with E-state index in [1.807, 2.05) is 0 Å². The standard InChI is InChI=1S/C18H12F3NO/c1-2-4-17(13-9-11(19)7-8-16(13)21)22-10-14-12(18(22)23)5-3-6-15(14)20/h1,3,5-9,17H,4,10H2. The number of halogens is 3. The van der Waals surface area contributed by atoms with Crippen molar-refractivity contribution in [2.45, 2.75) is 19.0 Å². The third-order valence-corrected chi connectivity index (χ3v) is 3.94. The lowest BCUT2D eigenvalue weighted by Crippen LogP contribution is -2.29. The minimum Gasteiger partial charge on any atom is -0.326 e. The van der Waals surface area contributed by atoms with Crippen LogP contribution in [0.25, 0.3) is 0 Å². The summed E-state index contributed by atoms with van der Waals surface area (Å²) in [4.78, 5) is 13.8. The maximum atomic E-state index is 14.1. The van der Waals surface area contributed by atoms with Crippen molar-refractivity contribution in [1.29, 1.82) is 0 Å². The van der Waals surface area contributed by atoms with E-state index in [4.69, 9.17) is 6.42 Å². The van der Waals surface area contributed by atoms with Gasteiger partial charge in [0.25, 0.3) is 5.91 Å². The molecule has 0 bridgehead atoms. The van der Waals surface area contributed by atoms with Crippen molar-refractivity contribution < 1.29 is 18.0 Å². The molecule has 5 heteroatoms. The maximum Gasteiger partial charge on any atom is 0.255 e. The van der Waals surface area contributed by atoms with Crippen LogP contribution >= 0.6 is 0 Å². The van der Waals surface area contributed by atoms with Crippen molar-refractivity contribution >= 4 is 5.91 Å². The van der Waals surface area contributed by atoms with Crippen LogP contribution in [0.2, 0.25) is 0 Å². The minimum atomic E-state index is -0.852. The summed E-state index contributed by atoms with van der Waals surface area (Å²) in [5, 5.41) is 0. The molecule has 0 aromatic heterocycles. The van der Waals surface area contributed by atoms with Gasteiger partial charge in [-0.2, -0.15) is 0 Å². The Morgan fingerprint density at radius 3 is 2.65 bits per heavy atom. The third kappa shape index (κ3) is 2.57. The Balaban J connectivity index is 2.04. The molecule has 1 atom stereocenters. The Kier molecular flexibility index (Phi) is 3.83. The van der Waals surface area contributed by atoms with E-state index in [2.05, 4.69) is 5.92 Å². The minimum absolute atomic E-state index is 0.00171. The van der Waals surface area contributed by atoms with Gasteiger partial charge < -0.3 is 4.90 Å². The van der Waals surface area contributed by atoms with Crippen LogP contribution in [0.15, 0.2) is 36.4 Å². The molecule has 0 fully saturated rings. The van der Waals surface area contributed by atoms with Crippen LogP contribution in [0.1, 0.15) is 33.9 Å². The van der Waals surface area contributed by atoms with E-state index < -0.39 is 29.4 Å². The number of carbonyl (C=O) groups excluding carboxylic acids is 1. The lowest BCUT2D eigenvalue weighted by molar-refractivity contribution is 0.0700. The number of carbonyl (C=O) groups is 1. The van der Waals surface area contributed by atoms with Crippen molar-refractivity contribution in [3.05, 3.63) is 70.5 Å². The van der Waals surface area contributed by atoms with E-state index in [1.165, 1.54) is 23.1 Å². The largest absolute Gasteiger partial charge is 0.326 e. The summed E-state index contributed by atoms with van der Waals surface area (Å²) in [5.41, 5.74) is 0.463. The van der Waals surface area contributed by atoms with Gasteiger partial charge in [-0.05, 0) is 30.3 Å². The molecule has 1 aliphatic heterocycles. The topological polar surface area (TPSA) is 20.3 Å². The number of nitrogens with zero attached hydrogens (tertiary/aromatic N) is 1. The fourth-order valence-electron chi connectivity index (χ4n) is 2.84. The van der Waals surface area contributed by atoms with Crippen LogP contribution in [-0.4, -0.2) is 10.8 Å². The fraction of sp³-hybridized carbons (Fsp3) is 0.167. The number of rotatable bonds is 3. The summed E-state index contributed by atoms with van der Waals surface area (Å²) in [6, 6.07) is 6.35. The second-order valence-electron chi connectivity index (χ2n) is 5.29. The SMILES string of the molecule is C#CCC(c1cc(F)ccc1F)N1Cc2c(F)cccc2C1=O. The van der Waals surface area contributed by atoms with Crippen molar-refractivity contribution in [3.63, 3.8) is 0 Å². The lowest BCUT2D eigenvalue weighted by atomic mass is 10.0. The molecule has 23 heavy (non-hydrogen) atoms. The van der Waals surface area contributed by atoms with Gasteiger partial charge in [-0.15, -0.1) is 12.3 Å². The molecule has 0 aliphatic carbocycles. The molecule has 1 heterocycles. The molecule has 1 aliphatic rings. The molecule has 2 aromatic carbocycles. The Labute approximate surface area is 131 Å². The molecule has 3 rings (SSSR count). The van der Waals surface area contributed by atoms with Gasteiger partial charge in [0.15, 0.2) is 0 Å². The fourth-order valence-corrected chi connectivity index (χ4v) is 2.84. The van der Waals surface area contributed by atoms with Gasteiger partial charge >= 0.3 is 0 Å². The van der Waals surface area contributed by atoms with Gasteiger partial charge in [0.05, 0.1) is 12.6 Å². The summed E-state index contributed by atoms with van der Waals surface area (Å²) in [6.07, 6.45) is 5.33. The molecule has 1 amide bonds. The summed E-state index contributed by atoms with van der Waals surface area (Å²) in [7, 11) is 0.